The summed E-state index contributed by atoms with van der Waals surface area (Å²) in [6, 6.07) is 1.29. The van der Waals surface area contributed by atoms with Gasteiger partial charge in [-0.1, -0.05) is 0 Å². The first-order valence-electron chi connectivity index (χ1n) is 5.60. The highest BCUT2D eigenvalue weighted by Crippen LogP contribution is 2.43. The van der Waals surface area contributed by atoms with Gasteiger partial charge in [0, 0.05) is 24.2 Å². The van der Waals surface area contributed by atoms with Crippen LogP contribution in [-0.2, 0) is 4.79 Å². The van der Waals surface area contributed by atoms with Crippen molar-refractivity contribution in [2.45, 2.75) is 49.9 Å². The predicted molar refractivity (Wildman–Crippen MR) is 57.9 cm³/mol. The number of hydrogen-bond donors (Lipinski definition) is 2. The van der Waals surface area contributed by atoms with Crippen LogP contribution in [0.3, 0.4) is 0 Å². The van der Waals surface area contributed by atoms with Crippen LogP contribution in [0.2, 0.25) is 0 Å². The molecule has 5 heteroatoms. The van der Waals surface area contributed by atoms with Crippen LogP contribution in [0.25, 0.3) is 0 Å². The molecule has 0 atom stereocenters. The molecule has 0 aromatic rings. The van der Waals surface area contributed by atoms with Gasteiger partial charge in [0.1, 0.15) is 0 Å². The van der Waals surface area contributed by atoms with E-state index < -0.39 is 0 Å². The summed E-state index contributed by atoms with van der Waals surface area (Å²) in [5.74, 6) is 0.474. The molecule has 0 aromatic carbocycles. The van der Waals surface area contributed by atoms with Crippen LogP contribution in [0, 0.1) is 0 Å². The molecule has 4 rings (SSSR count). The van der Waals surface area contributed by atoms with E-state index in [4.69, 9.17) is 0 Å². The van der Waals surface area contributed by atoms with Gasteiger partial charge < -0.3 is 10.1 Å². The third-order valence-electron chi connectivity index (χ3n) is 4.13. The van der Waals surface area contributed by atoms with E-state index in [2.05, 4.69) is 12.6 Å². The number of amides is 1. The van der Waals surface area contributed by atoms with Crippen molar-refractivity contribution < 1.29 is 10.0 Å². The summed E-state index contributed by atoms with van der Waals surface area (Å²) in [6.07, 6.45) is 3.73. The summed E-state index contributed by atoms with van der Waals surface area (Å²) in [5, 5.41) is 11.4. The maximum Gasteiger partial charge on any atom is 0.232 e. The summed E-state index contributed by atoms with van der Waals surface area (Å²) < 4.78 is 0. The summed E-state index contributed by atoms with van der Waals surface area (Å²) in [7, 11) is 0. The molecule has 4 fully saturated rings. The zero-order chi connectivity index (χ0) is 10.6. The van der Waals surface area contributed by atoms with Crippen LogP contribution in [0.1, 0.15) is 25.7 Å². The number of carbonyl (C=O) groups is 1. The molecule has 0 spiro atoms. The highest BCUT2D eigenvalue weighted by Gasteiger charge is 2.51. The van der Waals surface area contributed by atoms with Gasteiger partial charge in [0.15, 0.2) is 0 Å². The maximum absolute atomic E-state index is 11.8. The molecular formula is C10H16N2O2S. The monoisotopic (exact) mass is 228 g/mol. The Morgan fingerprint density at radius 1 is 1.13 bits per heavy atom. The highest BCUT2D eigenvalue weighted by atomic mass is 32.1. The standard InChI is InChI=1S/C10H16N2O2S/c13-10(5-15)11-6-1-8-3-7(11)4-9(2-6)12(8)14/h6-9,14-15H,1-5H2. The number of rotatable bonds is 1. The van der Waals surface area contributed by atoms with E-state index in [-0.39, 0.29) is 18.0 Å². The van der Waals surface area contributed by atoms with E-state index in [1.807, 2.05) is 4.90 Å². The zero-order valence-electron chi connectivity index (χ0n) is 8.54. The van der Waals surface area contributed by atoms with Crippen molar-refractivity contribution in [3.8, 4) is 0 Å². The molecule has 4 saturated heterocycles. The Labute approximate surface area is 94.6 Å². The smallest absolute Gasteiger partial charge is 0.232 e. The van der Waals surface area contributed by atoms with Gasteiger partial charge in [-0.3, -0.25) is 4.79 Å². The van der Waals surface area contributed by atoms with Gasteiger partial charge in [0.25, 0.3) is 0 Å². The molecule has 0 saturated carbocycles. The first-order chi connectivity index (χ1) is 7.20. The lowest BCUT2D eigenvalue weighted by atomic mass is 9.74. The normalized spacial score (nSPS) is 43.7. The molecular weight excluding hydrogens is 212 g/mol. The first kappa shape index (κ1) is 9.93. The van der Waals surface area contributed by atoms with Crippen LogP contribution in [0.4, 0.5) is 0 Å². The summed E-state index contributed by atoms with van der Waals surface area (Å²) >= 11 is 4.07. The van der Waals surface area contributed by atoms with Gasteiger partial charge in [-0.25, -0.2) is 0 Å². The summed E-state index contributed by atoms with van der Waals surface area (Å²) in [5.41, 5.74) is 0. The largest absolute Gasteiger partial charge is 0.336 e. The van der Waals surface area contributed by atoms with Crippen LogP contribution >= 0.6 is 12.6 Å². The lowest BCUT2D eigenvalue weighted by Gasteiger charge is -2.59. The predicted octanol–water partition coefficient (Wildman–Crippen LogP) is 0.512. The molecule has 4 heterocycles. The molecule has 0 aliphatic carbocycles. The van der Waals surface area contributed by atoms with E-state index in [0.717, 1.165) is 25.7 Å². The number of thiol groups is 1. The van der Waals surface area contributed by atoms with Crippen molar-refractivity contribution in [1.29, 1.82) is 0 Å². The minimum Gasteiger partial charge on any atom is -0.336 e. The Morgan fingerprint density at radius 3 is 2.00 bits per heavy atom. The number of hydrogen-bond acceptors (Lipinski definition) is 4. The van der Waals surface area contributed by atoms with Crippen molar-refractivity contribution in [2.24, 2.45) is 0 Å². The van der Waals surface area contributed by atoms with Gasteiger partial charge in [0.2, 0.25) is 5.91 Å². The van der Waals surface area contributed by atoms with E-state index >= 15 is 0 Å². The number of hydroxylamine groups is 2. The summed E-state index contributed by atoms with van der Waals surface area (Å²) in [6.45, 7) is 0. The Balaban J connectivity index is 1.84. The minimum absolute atomic E-state index is 0.164. The molecule has 4 aliphatic rings. The fourth-order valence-electron chi connectivity index (χ4n) is 3.61. The molecule has 0 radical (unpaired) electrons. The topological polar surface area (TPSA) is 43.8 Å². The quantitative estimate of drug-likeness (QED) is 0.643. The molecule has 4 aliphatic heterocycles. The van der Waals surface area contributed by atoms with Gasteiger partial charge in [-0.05, 0) is 25.7 Å². The lowest BCUT2D eigenvalue weighted by Crippen LogP contribution is -2.69. The van der Waals surface area contributed by atoms with Crippen LogP contribution < -0.4 is 0 Å². The second kappa shape index (κ2) is 3.37. The third-order valence-corrected chi connectivity index (χ3v) is 4.41. The van der Waals surface area contributed by atoms with Crippen molar-refractivity contribution in [3.63, 3.8) is 0 Å². The minimum atomic E-state index is 0.164. The Hall–Kier alpha value is -0.260. The van der Waals surface area contributed by atoms with Gasteiger partial charge in [0.05, 0.1) is 5.75 Å². The fourth-order valence-corrected chi connectivity index (χ4v) is 3.78. The van der Waals surface area contributed by atoms with E-state index in [1.165, 1.54) is 5.06 Å². The number of carbonyl (C=O) groups excluding carboxylic acids is 1. The Morgan fingerprint density at radius 2 is 1.60 bits per heavy atom. The second-order valence-corrected chi connectivity index (χ2v) is 5.21. The molecule has 84 valence electrons. The third kappa shape index (κ3) is 1.33. The molecule has 15 heavy (non-hydrogen) atoms. The van der Waals surface area contributed by atoms with Gasteiger partial charge in [-0.15, -0.1) is 0 Å². The Kier molecular flexibility index (Phi) is 2.23. The van der Waals surface area contributed by atoms with Gasteiger partial charge >= 0.3 is 0 Å². The van der Waals surface area contributed by atoms with E-state index in [9.17, 15) is 10.0 Å². The van der Waals surface area contributed by atoms with Gasteiger partial charge in [-0.2, -0.15) is 17.7 Å². The molecule has 4 nitrogen and oxygen atoms in total. The zero-order valence-corrected chi connectivity index (χ0v) is 9.44. The number of piperidine rings is 4. The average molecular weight is 228 g/mol. The van der Waals surface area contributed by atoms with E-state index in [1.54, 1.807) is 0 Å². The maximum atomic E-state index is 11.8. The Bertz CT molecular complexity index is 267. The van der Waals surface area contributed by atoms with Crippen molar-refractivity contribution in [1.82, 2.24) is 9.96 Å². The second-order valence-electron chi connectivity index (χ2n) is 4.90. The van der Waals surface area contributed by atoms with Crippen molar-refractivity contribution in [3.05, 3.63) is 0 Å². The number of nitrogens with zero attached hydrogens (tertiary/aromatic N) is 2. The first-order valence-corrected chi connectivity index (χ1v) is 6.23. The van der Waals surface area contributed by atoms with Crippen molar-refractivity contribution in [2.75, 3.05) is 5.75 Å². The van der Waals surface area contributed by atoms with Crippen LogP contribution in [0.5, 0.6) is 0 Å². The highest BCUT2D eigenvalue weighted by molar-refractivity contribution is 7.81. The molecule has 0 unspecified atom stereocenters. The lowest BCUT2D eigenvalue weighted by molar-refractivity contribution is -0.240. The van der Waals surface area contributed by atoms with E-state index in [0.29, 0.717) is 17.8 Å². The van der Waals surface area contributed by atoms with Crippen LogP contribution in [-0.4, -0.2) is 51.0 Å². The average Bonchev–Trinajstić information content (AvgIpc) is 2.22. The molecule has 4 bridgehead atoms. The SMILES string of the molecule is O=C(CS)N1C2CC3CC1CC(C2)N3O. The van der Waals surface area contributed by atoms with Crippen molar-refractivity contribution >= 4 is 18.5 Å². The molecule has 1 amide bonds. The molecule has 0 aromatic heterocycles. The molecule has 1 N–H and O–H groups in total. The van der Waals surface area contributed by atoms with Crippen LogP contribution in [0.15, 0.2) is 0 Å². The fraction of sp³-hybridized carbons (Fsp3) is 0.900. The summed E-state index contributed by atoms with van der Waals surface area (Å²) in [4.78, 5) is 13.8.